The Morgan fingerprint density at radius 1 is 1.10 bits per heavy atom. The lowest BCUT2D eigenvalue weighted by atomic mass is 9.95. The van der Waals surface area contributed by atoms with Gasteiger partial charge in [0.2, 0.25) is 10.0 Å². The molecule has 1 fully saturated rings. The zero-order chi connectivity index (χ0) is 14.9. The standard InChI is InChI=1S/C15H21NO3S/c1-11-4-6-14(7-5-11)20(18,19)16-9-8-12(2)15(17)13(3)10-16/h4-7,12-13H,8-10H2,1-3H3. The molecule has 0 spiro atoms. The topological polar surface area (TPSA) is 54.5 Å². The third-order valence-electron chi connectivity index (χ3n) is 3.92. The number of nitrogens with zero attached hydrogens (tertiary/aromatic N) is 1. The van der Waals surface area contributed by atoms with E-state index in [2.05, 4.69) is 0 Å². The summed E-state index contributed by atoms with van der Waals surface area (Å²) < 4.78 is 26.7. The number of benzene rings is 1. The van der Waals surface area contributed by atoms with E-state index >= 15 is 0 Å². The second-order valence-electron chi connectivity index (χ2n) is 5.67. The van der Waals surface area contributed by atoms with E-state index in [9.17, 15) is 13.2 Å². The molecule has 0 amide bonds. The summed E-state index contributed by atoms with van der Waals surface area (Å²) >= 11 is 0. The Balaban J connectivity index is 2.29. The van der Waals surface area contributed by atoms with E-state index in [1.54, 1.807) is 24.3 Å². The number of carbonyl (C=O) groups is 1. The molecule has 20 heavy (non-hydrogen) atoms. The van der Waals surface area contributed by atoms with E-state index in [1.165, 1.54) is 4.31 Å². The first-order valence-corrected chi connectivity index (χ1v) is 8.37. The van der Waals surface area contributed by atoms with Gasteiger partial charge in [-0.25, -0.2) is 8.42 Å². The zero-order valence-electron chi connectivity index (χ0n) is 12.2. The molecule has 1 aliphatic rings. The molecule has 110 valence electrons. The fourth-order valence-corrected chi connectivity index (χ4v) is 4.07. The van der Waals surface area contributed by atoms with Gasteiger partial charge >= 0.3 is 0 Å². The number of aryl methyl sites for hydroxylation is 1. The third kappa shape index (κ3) is 2.94. The van der Waals surface area contributed by atoms with Gasteiger partial charge in [0, 0.05) is 24.9 Å². The van der Waals surface area contributed by atoms with Crippen molar-refractivity contribution >= 4 is 15.8 Å². The van der Waals surface area contributed by atoms with Crippen LogP contribution in [0.5, 0.6) is 0 Å². The summed E-state index contributed by atoms with van der Waals surface area (Å²) in [5, 5.41) is 0. The van der Waals surface area contributed by atoms with Gasteiger partial charge in [-0.05, 0) is 25.5 Å². The van der Waals surface area contributed by atoms with Crippen LogP contribution in [-0.2, 0) is 14.8 Å². The molecule has 2 rings (SSSR count). The number of Topliss-reactive ketones (excluding diaryl/α,β-unsaturated/α-hetero) is 1. The van der Waals surface area contributed by atoms with Gasteiger partial charge < -0.3 is 0 Å². The molecule has 0 aromatic heterocycles. The number of ketones is 1. The Kier molecular flexibility index (Phi) is 4.30. The molecule has 0 bridgehead atoms. The summed E-state index contributed by atoms with van der Waals surface area (Å²) in [6.07, 6.45) is 0.592. The maximum absolute atomic E-state index is 12.6. The molecule has 1 saturated heterocycles. The minimum Gasteiger partial charge on any atom is -0.299 e. The highest BCUT2D eigenvalue weighted by molar-refractivity contribution is 7.89. The van der Waals surface area contributed by atoms with Crippen LogP contribution in [0.2, 0.25) is 0 Å². The highest BCUT2D eigenvalue weighted by Crippen LogP contribution is 2.24. The van der Waals surface area contributed by atoms with Gasteiger partial charge in [-0.1, -0.05) is 31.5 Å². The molecule has 2 unspecified atom stereocenters. The van der Waals surface area contributed by atoms with Gasteiger partial charge in [0.25, 0.3) is 0 Å². The van der Waals surface area contributed by atoms with E-state index < -0.39 is 10.0 Å². The van der Waals surface area contributed by atoms with Crippen molar-refractivity contribution in [3.63, 3.8) is 0 Å². The lowest BCUT2D eigenvalue weighted by Gasteiger charge is -2.21. The second kappa shape index (κ2) is 5.66. The summed E-state index contributed by atoms with van der Waals surface area (Å²) in [4.78, 5) is 12.3. The smallest absolute Gasteiger partial charge is 0.243 e. The van der Waals surface area contributed by atoms with Crippen molar-refractivity contribution in [3.05, 3.63) is 29.8 Å². The summed E-state index contributed by atoms with van der Waals surface area (Å²) in [5.74, 6) is -0.150. The molecule has 0 N–H and O–H groups in total. The Labute approximate surface area is 120 Å². The number of rotatable bonds is 2. The molecule has 0 radical (unpaired) electrons. The molecule has 1 aromatic carbocycles. The highest BCUT2D eigenvalue weighted by atomic mass is 32.2. The fourth-order valence-electron chi connectivity index (χ4n) is 2.53. The first-order chi connectivity index (χ1) is 9.32. The summed E-state index contributed by atoms with van der Waals surface area (Å²) in [6.45, 7) is 6.29. The molecular formula is C15H21NO3S. The molecule has 1 aromatic rings. The van der Waals surface area contributed by atoms with Crippen molar-refractivity contribution in [3.8, 4) is 0 Å². The van der Waals surface area contributed by atoms with E-state index in [0.717, 1.165) is 5.56 Å². The van der Waals surface area contributed by atoms with Crippen molar-refractivity contribution < 1.29 is 13.2 Å². The molecule has 2 atom stereocenters. The van der Waals surface area contributed by atoms with Crippen LogP contribution in [-0.4, -0.2) is 31.6 Å². The number of hydrogen-bond acceptors (Lipinski definition) is 3. The van der Waals surface area contributed by atoms with E-state index in [0.29, 0.717) is 17.9 Å². The van der Waals surface area contributed by atoms with Gasteiger partial charge in [-0.2, -0.15) is 4.31 Å². The van der Waals surface area contributed by atoms with Crippen molar-refractivity contribution in [1.29, 1.82) is 0 Å². The lowest BCUT2D eigenvalue weighted by molar-refractivity contribution is -0.125. The predicted molar refractivity (Wildman–Crippen MR) is 77.9 cm³/mol. The van der Waals surface area contributed by atoms with Crippen molar-refractivity contribution in [2.45, 2.75) is 32.1 Å². The summed E-state index contributed by atoms with van der Waals surface area (Å²) in [7, 11) is -3.50. The lowest BCUT2D eigenvalue weighted by Crippen LogP contribution is -2.35. The average Bonchev–Trinajstić information content (AvgIpc) is 2.53. The van der Waals surface area contributed by atoms with E-state index in [4.69, 9.17) is 0 Å². The van der Waals surface area contributed by atoms with E-state index in [1.807, 2.05) is 20.8 Å². The minimum atomic E-state index is -3.50. The second-order valence-corrected chi connectivity index (χ2v) is 7.61. The van der Waals surface area contributed by atoms with Gasteiger partial charge in [0.05, 0.1) is 4.90 Å². The SMILES string of the molecule is Cc1ccc(S(=O)(=O)N2CCC(C)C(=O)C(C)C2)cc1. The molecular weight excluding hydrogens is 274 g/mol. The van der Waals surface area contributed by atoms with Crippen LogP contribution < -0.4 is 0 Å². The van der Waals surface area contributed by atoms with Crippen LogP contribution in [0, 0.1) is 18.8 Å². The molecule has 0 aliphatic carbocycles. The van der Waals surface area contributed by atoms with Crippen molar-refractivity contribution in [2.24, 2.45) is 11.8 Å². The van der Waals surface area contributed by atoms with Crippen LogP contribution in [0.25, 0.3) is 0 Å². The van der Waals surface area contributed by atoms with Gasteiger partial charge in [-0.15, -0.1) is 0 Å². The Morgan fingerprint density at radius 3 is 2.30 bits per heavy atom. The number of carbonyl (C=O) groups excluding carboxylic acids is 1. The van der Waals surface area contributed by atoms with Crippen molar-refractivity contribution in [2.75, 3.05) is 13.1 Å². The molecule has 5 heteroatoms. The number of hydrogen-bond donors (Lipinski definition) is 0. The van der Waals surface area contributed by atoms with Crippen LogP contribution in [0.1, 0.15) is 25.8 Å². The van der Waals surface area contributed by atoms with Crippen molar-refractivity contribution in [1.82, 2.24) is 4.31 Å². The first kappa shape index (κ1) is 15.2. The Bertz CT molecular complexity index is 592. The highest BCUT2D eigenvalue weighted by Gasteiger charge is 2.33. The maximum atomic E-state index is 12.6. The van der Waals surface area contributed by atoms with Crippen LogP contribution >= 0.6 is 0 Å². The maximum Gasteiger partial charge on any atom is 0.243 e. The molecule has 4 nitrogen and oxygen atoms in total. The van der Waals surface area contributed by atoms with Gasteiger partial charge in [-0.3, -0.25) is 4.79 Å². The Morgan fingerprint density at radius 2 is 1.70 bits per heavy atom. The fraction of sp³-hybridized carbons (Fsp3) is 0.533. The van der Waals surface area contributed by atoms with Crippen LogP contribution in [0.3, 0.4) is 0 Å². The quantitative estimate of drug-likeness (QED) is 0.840. The molecule has 1 heterocycles. The monoisotopic (exact) mass is 295 g/mol. The summed E-state index contributed by atoms with van der Waals surface area (Å²) in [6, 6.07) is 6.85. The predicted octanol–water partition coefficient (Wildman–Crippen LogP) is 2.23. The summed E-state index contributed by atoms with van der Waals surface area (Å²) in [5.41, 5.74) is 1.02. The Hall–Kier alpha value is -1.20. The molecule has 0 saturated carbocycles. The van der Waals surface area contributed by atoms with E-state index in [-0.39, 0.29) is 24.2 Å². The third-order valence-corrected chi connectivity index (χ3v) is 5.80. The van der Waals surface area contributed by atoms with Gasteiger partial charge in [0.1, 0.15) is 5.78 Å². The average molecular weight is 295 g/mol. The largest absolute Gasteiger partial charge is 0.299 e. The van der Waals surface area contributed by atoms with Gasteiger partial charge in [0.15, 0.2) is 0 Å². The van der Waals surface area contributed by atoms with Crippen LogP contribution in [0.4, 0.5) is 0 Å². The first-order valence-electron chi connectivity index (χ1n) is 6.93. The minimum absolute atomic E-state index is 0.0665. The zero-order valence-corrected chi connectivity index (χ0v) is 13.0. The number of sulfonamides is 1. The molecule has 1 aliphatic heterocycles. The normalized spacial score (nSPS) is 25.4. The van der Waals surface area contributed by atoms with Crippen LogP contribution in [0.15, 0.2) is 29.2 Å².